The Bertz CT molecular complexity index is 424. The molecule has 2 rings (SSSR count). The van der Waals surface area contributed by atoms with E-state index in [1.807, 2.05) is 12.1 Å². The third kappa shape index (κ3) is 2.90. The number of methoxy groups -OCH3 is 1. The highest BCUT2D eigenvalue weighted by Gasteiger charge is 2.41. The van der Waals surface area contributed by atoms with Gasteiger partial charge in [0.15, 0.2) is 0 Å². The zero-order valence-electron chi connectivity index (χ0n) is 11.8. The van der Waals surface area contributed by atoms with Gasteiger partial charge in [0.25, 0.3) is 0 Å². The standard InChI is InChI=1S/C15H24N2O2/c1-11-5-4-8-15(9-11,10-16)14(18)12-6-3-7-13(17-12)19-2/h3,6-7,11,14,18H,4-5,8-10,16H2,1-2H3. The smallest absolute Gasteiger partial charge is 0.213 e. The summed E-state index contributed by atoms with van der Waals surface area (Å²) in [6.07, 6.45) is 3.66. The van der Waals surface area contributed by atoms with Crippen LogP contribution in [0.1, 0.15) is 44.4 Å². The molecule has 1 fully saturated rings. The summed E-state index contributed by atoms with van der Waals surface area (Å²) in [5, 5.41) is 10.7. The molecule has 19 heavy (non-hydrogen) atoms. The largest absolute Gasteiger partial charge is 0.481 e. The van der Waals surface area contributed by atoms with Gasteiger partial charge in [0.05, 0.1) is 12.8 Å². The van der Waals surface area contributed by atoms with Crippen molar-refractivity contribution in [2.45, 2.75) is 38.7 Å². The number of aliphatic hydroxyl groups is 1. The van der Waals surface area contributed by atoms with Gasteiger partial charge in [-0.25, -0.2) is 4.98 Å². The van der Waals surface area contributed by atoms with Crippen molar-refractivity contribution in [2.24, 2.45) is 17.1 Å². The van der Waals surface area contributed by atoms with Crippen molar-refractivity contribution < 1.29 is 9.84 Å². The maximum Gasteiger partial charge on any atom is 0.213 e. The molecular formula is C15H24N2O2. The molecule has 3 atom stereocenters. The molecule has 4 heteroatoms. The summed E-state index contributed by atoms with van der Waals surface area (Å²) in [5.74, 6) is 1.14. The van der Waals surface area contributed by atoms with E-state index in [1.165, 1.54) is 6.42 Å². The quantitative estimate of drug-likeness (QED) is 0.875. The van der Waals surface area contributed by atoms with E-state index in [4.69, 9.17) is 10.5 Å². The first kappa shape index (κ1) is 14.3. The Labute approximate surface area is 115 Å². The van der Waals surface area contributed by atoms with Gasteiger partial charge in [-0.15, -0.1) is 0 Å². The Kier molecular flexibility index (Phi) is 4.42. The number of ether oxygens (including phenoxy) is 1. The van der Waals surface area contributed by atoms with Gasteiger partial charge in [-0.3, -0.25) is 0 Å². The second-order valence-corrected chi connectivity index (χ2v) is 5.78. The number of hydrogen-bond donors (Lipinski definition) is 2. The van der Waals surface area contributed by atoms with Crippen molar-refractivity contribution in [3.05, 3.63) is 23.9 Å². The van der Waals surface area contributed by atoms with E-state index in [2.05, 4.69) is 11.9 Å². The number of aromatic nitrogens is 1. The average molecular weight is 264 g/mol. The van der Waals surface area contributed by atoms with Crippen molar-refractivity contribution in [2.75, 3.05) is 13.7 Å². The molecule has 106 valence electrons. The van der Waals surface area contributed by atoms with Gasteiger partial charge < -0.3 is 15.6 Å². The second kappa shape index (κ2) is 5.88. The molecule has 0 aliphatic heterocycles. The van der Waals surface area contributed by atoms with Gasteiger partial charge in [0.2, 0.25) is 5.88 Å². The zero-order chi connectivity index (χ0) is 13.9. The van der Waals surface area contributed by atoms with Gasteiger partial charge in [0, 0.05) is 18.0 Å². The molecule has 1 aliphatic rings. The molecule has 0 amide bonds. The molecule has 4 nitrogen and oxygen atoms in total. The normalized spacial score (nSPS) is 28.9. The summed E-state index contributed by atoms with van der Waals surface area (Å²) >= 11 is 0. The van der Waals surface area contributed by atoms with E-state index < -0.39 is 6.10 Å². The highest BCUT2D eigenvalue weighted by atomic mass is 16.5. The van der Waals surface area contributed by atoms with Crippen LogP contribution in [-0.4, -0.2) is 23.7 Å². The first-order valence-electron chi connectivity index (χ1n) is 7.00. The molecule has 1 aromatic heterocycles. The third-order valence-corrected chi connectivity index (χ3v) is 4.35. The monoisotopic (exact) mass is 264 g/mol. The predicted octanol–water partition coefficient (Wildman–Crippen LogP) is 2.28. The lowest BCUT2D eigenvalue weighted by atomic mass is 9.66. The minimum absolute atomic E-state index is 0.239. The van der Waals surface area contributed by atoms with Crippen LogP contribution in [0.25, 0.3) is 0 Å². The van der Waals surface area contributed by atoms with Crippen LogP contribution < -0.4 is 10.5 Å². The van der Waals surface area contributed by atoms with E-state index in [-0.39, 0.29) is 5.41 Å². The molecule has 3 unspecified atom stereocenters. The molecular weight excluding hydrogens is 240 g/mol. The number of nitrogens with two attached hydrogens (primary N) is 1. The van der Waals surface area contributed by atoms with Crippen molar-refractivity contribution in [3.8, 4) is 5.88 Å². The molecule has 0 spiro atoms. The van der Waals surface area contributed by atoms with Crippen molar-refractivity contribution in [1.29, 1.82) is 0 Å². The maximum absolute atomic E-state index is 10.7. The number of aliphatic hydroxyl groups excluding tert-OH is 1. The Morgan fingerprint density at radius 3 is 3.00 bits per heavy atom. The fourth-order valence-corrected chi connectivity index (χ4v) is 3.26. The fourth-order valence-electron chi connectivity index (χ4n) is 3.26. The summed E-state index contributed by atoms with van der Waals surface area (Å²) in [6, 6.07) is 5.50. The molecule has 1 aromatic rings. The van der Waals surface area contributed by atoms with Crippen LogP contribution in [0.4, 0.5) is 0 Å². The van der Waals surface area contributed by atoms with Crippen LogP contribution in [-0.2, 0) is 0 Å². The van der Waals surface area contributed by atoms with Gasteiger partial charge in [0.1, 0.15) is 6.10 Å². The minimum atomic E-state index is -0.615. The van der Waals surface area contributed by atoms with Crippen LogP contribution >= 0.6 is 0 Å². The molecule has 0 radical (unpaired) electrons. The third-order valence-electron chi connectivity index (χ3n) is 4.35. The minimum Gasteiger partial charge on any atom is -0.481 e. The lowest BCUT2D eigenvalue weighted by Gasteiger charge is -2.42. The van der Waals surface area contributed by atoms with Crippen LogP contribution in [0.15, 0.2) is 18.2 Å². The van der Waals surface area contributed by atoms with E-state index in [0.717, 1.165) is 19.3 Å². The topological polar surface area (TPSA) is 68.4 Å². The second-order valence-electron chi connectivity index (χ2n) is 5.78. The van der Waals surface area contributed by atoms with Gasteiger partial charge in [-0.2, -0.15) is 0 Å². The highest BCUT2D eigenvalue weighted by molar-refractivity contribution is 5.19. The molecule has 0 aromatic carbocycles. The van der Waals surface area contributed by atoms with Gasteiger partial charge in [-0.05, 0) is 24.8 Å². The molecule has 0 bridgehead atoms. The fraction of sp³-hybridized carbons (Fsp3) is 0.667. The molecule has 1 saturated carbocycles. The van der Waals surface area contributed by atoms with Crippen LogP contribution in [0.5, 0.6) is 5.88 Å². The number of pyridine rings is 1. The Morgan fingerprint density at radius 1 is 1.58 bits per heavy atom. The maximum atomic E-state index is 10.7. The van der Waals surface area contributed by atoms with Crippen molar-refractivity contribution >= 4 is 0 Å². The summed E-state index contributed by atoms with van der Waals surface area (Å²) in [4.78, 5) is 4.36. The number of nitrogens with zero attached hydrogens (tertiary/aromatic N) is 1. The lowest BCUT2D eigenvalue weighted by Crippen LogP contribution is -2.41. The Morgan fingerprint density at radius 2 is 2.37 bits per heavy atom. The average Bonchev–Trinajstić information content (AvgIpc) is 2.46. The molecule has 1 heterocycles. The first-order chi connectivity index (χ1) is 9.11. The number of rotatable bonds is 4. The van der Waals surface area contributed by atoms with Crippen LogP contribution in [0.3, 0.4) is 0 Å². The van der Waals surface area contributed by atoms with Crippen LogP contribution in [0.2, 0.25) is 0 Å². The van der Waals surface area contributed by atoms with E-state index in [1.54, 1.807) is 13.2 Å². The molecule has 1 aliphatic carbocycles. The van der Waals surface area contributed by atoms with E-state index >= 15 is 0 Å². The summed E-state index contributed by atoms with van der Waals surface area (Å²) < 4.78 is 5.13. The van der Waals surface area contributed by atoms with Crippen molar-refractivity contribution in [1.82, 2.24) is 4.98 Å². The summed E-state index contributed by atoms with van der Waals surface area (Å²) in [6.45, 7) is 2.73. The SMILES string of the molecule is COc1cccc(C(O)C2(CN)CCCC(C)C2)n1. The van der Waals surface area contributed by atoms with E-state index in [0.29, 0.717) is 24.0 Å². The highest BCUT2D eigenvalue weighted by Crippen LogP contribution is 2.46. The van der Waals surface area contributed by atoms with Gasteiger partial charge in [-0.1, -0.05) is 25.8 Å². The Balaban J connectivity index is 2.26. The van der Waals surface area contributed by atoms with Gasteiger partial charge >= 0.3 is 0 Å². The summed E-state index contributed by atoms with van der Waals surface area (Å²) in [7, 11) is 1.58. The Hall–Kier alpha value is -1.13. The predicted molar refractivity (Wildman–Crippen MR) is 74.9 cm³/mol. The molecule has 0 saturated heterocycles. The molecule has 3 N–H and O–H groups in total. The van der Waals surface area contributed by atoms with Crippen LogP contribution in [0, 0.1) is 11.3 Å². The van der Waals surface area contributed by atoms with E-state index in [9.17, 15) is 5.11 Å². The summed E-state index contributed by atoms with van der Waals surface area (Å²) in [5.41, 5.74) is 6.42. The van der Waals surface area contributed by atoms with Crippen molar-refractivity contribution in [3.63, 3.8) is 0 Å². The zero-order valence-corrected chi connectivity index (χ0v) is 11.8. The lowest BCUT2D eigenvalue weighted by molar-refractivity contribution is -0.0159. The number of hydrogen-bond acceptors (Lipinski definition) is 4. The first-order valence-corrected chi connectivity index (χ1v) is 7.00.